The maximum Gasteiger partial charge on any atom is 0.416 e. The van der Waals surface area contributed by atoms with Gasteiger partial charge in [0, 0.05) is 33.3 Å². The molecule has 1 saturated carbocycles. The summed E-state index contributed by atoms with van der Waals surface area (Å²) in [6.45, 7) is 3.10. The lowest BCUT2D eigenvalue weighted by atomic mass is 9.82. The second kappa shape index (κ2) is 12.9. The normalized spacial score (nSPS) is 20.2. The van der Waals surface area contributed by atoms with Gasteiger partial charge in [0.05, 0.1) is 23.7 Å². The molecule has 0 bridgehead atoms. The van der Waals surface area contributed by atoms with Gasteiger partial charge in [-0.3, -0.25) is 0 Å². The van der Waals surface area contributed by atoms with Crippen molar-refractivity contribution in [3.05, 3.63) is 42.0 Å². The molecule has 6 nitrogen and oxygen atoms in total. The van der Waals surface area contributed by atoms with Crippen LogP contribution in [0.3, 0.4) is 0 Å². The van der Waals surface area contributed by atoms with E-state index < -0.39 is 21.8 Å². The van der Waals surface area contributed by atoms with E-state index in [4.69, 9.17) is 9.84 Å². The molecule has 1 aromatic carbocycles. The molecule has 0 unspecified atom stereocenters. The van der Waals surface area contributed by atoms with E-state index in [-0.39, 0.29) is 17.4 Å². The number of rotatable bonds is 12. The zero-order chi connectivity index (χ0) is 24.5. The molecule has 0 spiro atoms. The van der Waals surface area contributed by atoms with E-state index in [0.29, 0.717) is 32.2 Å². The summed E-state index contributed by atoms with van der Waals surface area (Å²) in [5.74, 6) is 0.668. The number of likely N-dealkylation sites (N-methyl/N-ethyl adjacent to an activating group) is 1. The summed E-state index contributed by atoms with van der Waals surface area (Å²) in [6.07, 6.45) is 3.19. The fraction of sp³-hybridized carbons (Fsp3) is 0.652. The van der Waals surface area contributed by atoms with Crippen molar-refractivity contribution in [3.63, 3.8) is 0 Å². The molecular weight excluding hydrogens is 457 g/mol. The largest absolute Gasteiger partial charge is 0.416 e. The fourth-order valence-electron chi connectivity index (χ4n) is 3.93. The summed E-state index contributed by atoms with van der Waals surface area (Å²) in [6, 6.07) is 3.63. The van der Waals surface area contributed by atoms with E-state index in [1.165, 1.54) is 11.4 Å². The van der Waals surface area contributed by atoms with Gasteiger partial charge >= 0.3 is 6.18 Å². The van der Waals surface area contributed by atoms with Gasteiger partial charge in [-0.1, -0.05) is 12.2 Å². The first-order chi connectivity index (χ1) is 15.5. The Morgan fingerprint density at radius 3 is 2.24 bits per heavy atom. The Morgan fingerprint density at radius 2 is 1.67 bits per heavy atom. The van der Waals surface area contributed by atoms with Gasteiger partial charge < -0.3 is 14.7 Å². The van der Waals surface area contributed by atoms with Crippen LogP contribution in [0, 0.1) is 11.8 Å². The molecule has 1 aliphatic rings. The first-order valence-corrected chi connectivity index (χ1v) is 12.6. The third-order valence-electron chi connectivity index (χ3n) is 6.00. The molecule has 1 aliphatic carbocycles. The standard InChI is InChI=1S/C23H35F3N2O4S/c1-27(14-15-29)13-3-4-16-32-18-20-7-5-19(6-8-20)17-28(2)33(30,31)22-11-9-21(10-12-22)23(24,25)26/h3-4,9-12,19-20,29H,5-8,13-18H2,1-2H3. The van der Waals surface area contributed by atoms with Crippen LogP contribution in [-0.4, -0.2) is 76.3 Å². The van der Waals surface area contributed by atoms with Gasteiger partial charge in [-0.25, -0.2) is 12.7 Å². The second-order valence-electron chi connectivity index (χ2n) is 8.69. The van der Waals surface area contributed by atoms with E-state index in [1.807, 2.05) is 24.1 Å². The minimum Gasteiger partial charge on any atom is -0.395 e. The van der Waals surface area contributed by atoms with Crippen LogP contribution in [0.15, 0.2) is 41.3 Å². The molecule has 0 saturated heterocycles. The number of hydrogen-bond acceptors (Lipinski definition) is 5. The van der Waals surface area contributed by atoms with Gasteiger partial charge in [0.15, 0.2) is 0 Å². The second-order valence-corrected chi connectivity index (χ2v) is 10.7. The first-order valence-electron chi connectivity index (χ1n) is 11.2. The summed E-state index contributed by atoms with van der Waals surface area (Å²) in [5, 5.41) is 8.86. The molecule has 0 aliphatic heterocycles. The number of alkyl halides is 3. The molecule has 0 aromatic heterocycles. The van der Waals surface area contributed by atoms with Crippen molar-refractivity contribution in [1.82, 2.24) is 9.21 Å². The summed E-state index contributed by atoms with van der Waals surface area (Å²) >= 11 is 0. The lowest BCUT2D eigenvalue weighted by Gasteiger charge is -2.30. The average molecular weight is 493 g/mol. The lowest BCUT2D eigenvalue weighted by molar-refractivity contribution is -0.137. The maximum atomic E-state index is 12.7. The number of aliphatic hydroxyl groups excluding tert-OH is 1. The molecule has 188 valence electrons. The van der Waals surface area contributed by atoms with Crippen molar-refractivity contribution in [1.29, 1.82) is 0 Å². The third kappa shape index (κ3) is 9.01. The number of halogens is 3. The first kappa shape index (κ1) is 27.8. The Balaban J connectivity index is 1.73. The molecule has 0 atom stereocenters. The van der Waals surface area contributed by atoms with Crippen molar-refractivity contribution < 1.29 is 31.4 Å². The van der Waals surface area contributed by atoms with E-state index in [1.54, 1.807) is 0 Å². The molecule has 1 fully saturated rings. The van der Waals surface area contributed by atoms with Crippen LogP contribution >= 0.6 is 0 Å². The highest BCUT2D eigenvalue weighted by molar-refractivity contribution is 7.89. The molecule has 10 heteroatoms. The van der Waals surface area contributed by atoms with Crippen molar-refractivity contribution >= 4 is 10.0 Å². The number of hydrogen-bond donors (Lipinski definition) is 1. The lowest BCUT2D eigenvalue weighted by Crippen LogP contribution is -2.34. The van der Waals surface area contributed by atoms with Gasteiger partial charge in [0.2, 0.25) is 10.0 Å². The van der Waals surface area contributed by atoms with Crippen LogP contribution in [0.1, 0.15) is 31.2 Å². The van der Waals surface area contributed by atoms with Crippen molar-refractivity contribution in [2.75, 3.05) is 53.6 Å². The summed E-state index contributed by atoms with van der Waals surface area (Å²) in [5.41, 5.74) is -0.867. The van der Waals surface area contributed by atoms with E-state index >= 15 is 0 Å². The quantitative estimate of drug-likeness (QED) is 0.357. The van der Waals surface area contributed by atoms with Crippen LogP contribution in [0.5, 0.6) is 0 Å². The molecule has 33 heavy (non-hydrogen) atoms. The summed E-state index contributed by atoms with van der Waals surface area (Å²) < 4.78 is 70.6. The third-order valence-corrected chi connectivity index (χ3v) is 7.84. The van der Waals surface area contributed by atoms with E-state index in [9.17, 15) is 21.6 Å². The van der Waals surface area contributed by atoms with Crippen molar-refractivity contribution in [3.8, 4) is 0 Å². The Labute approximate surface area is 195 Å². The van der Waals surface area contributed by atoms with E-state index in [2.05, 4.69) is 0 Å². The van der Waals surface area contributed by atoms with Crippen LogP contribution in [0.25, 0.3) is 0 Å². The SMILES string of the molecule is CN(CC=CCOCC1CCC(CN(C)S(=O)(=O)c2ccc(C(F)(F)F)cc2)CC1)CCO. The molecule has 1 aromatic rings. The number of sulfonamides is 1. The molecule has 0 heterocycles. The fourth-order valence-corrected chi connectivity index (χ4v) is 5.17. The Kier molecular flexibility index (Phi) is 10.8. The number of benzene rings is 1. The maximum absolute atomic E-state index is 12.7. The van der Waals surface area contributed by atoms with Gasteiger partial charge in [-0.05, 0) is 68.8 Å². The van der Waals surface area contributed by atoms with Gasteiger partial charge in [-0.15, -0.1) is 0 Å². The van der Waals surface area contributed by atoms with E-state index in [0.717, 1.165) is 56.5 Å². The zero-order valence-electron chi connectivity index (χ0n) is 19.3. The van der Waals surface area contributed by atoms with Crippen molar-refractivity contribution in [2.24, 2.45) is 11.8 Å². The highest BCUT2D eigenvalue weighted by Gasteiger charge is 2.32. The zero-order valence-corrected chi connectivity index (χ0v) is 20.1. The molecule has 0 amide bonds. The average Bonchev–Trinajstić information content (AvgIpc) is 2.77. The molecule has 0 radical (unpaired) electrons. The highest BCUT2D eigenvalue weighted by Crippen LogP contribution is 2.32. The van der Waals surface area contributed by atoms with Crippen LogP contribution in [0.4, 0.5) is 13.2 Å². The van der Waals surface area contributed by atoms with Gasteiger partial charge in [-0.2, -0.15) is 13.2 Å². The summed E-state index contributed by atoms with van der Waals surface area (Å²) in [4.78, 5) is 1.88. The van der Waals surface area contributed by atoms with Gasteiger partial charge in [0.25, 0.3) is 0 Å². The van der Waals surface area contributed by atoms with Gasteiger partial charge in [0.1, 0.15) is 0 Å². The smallest absolute Gasteiger partial charge is 0.395 e. The molecule has 2 rings (SSSR count). The predicted molar refractivity (Wildman–Crippen MR) is 121 cm³/mol. The summed E-state index contributed by atoms with van der Waals surface area (Å²) in [7, 11) is -0.416. The number of nitrogens with zero attached hydrogens (tertiary/aromatic N) is 2. The Morgan fingerprint density at radius 1 is 1.06 bits per heavy atom. The number of aliphatic hydroxyl groups is 1. The minimum atomic E-state index is -4.50. The molecule has 1 N–H and O–H groups in total. The topological polar surface area (TPSA) is 70.1 Å². The number of ether oxygens (including phenoxy) is 1. The Bertz CT molecular complexity index is 836. The minimum absolute atomic E-state index is 0.129. The van der Waals surface area contributed by atoms with Crippen molar-refractivity contribution in [2.45, 2.75) is 36.8 Å². The van der Waals surface area contributed by atoms with Crippen LogP contribution in [0.2, 0.25) is 0 Å². The Hall–Kier alpha value is -1.46. The van der Waals surface area contributed by atoms with Crippen LogP contribution < -0.4 is 0 Å². The monoisotopic (exact) mass is 492 g/mol. The highest BCUT2D eigenvalue weighted by atomic mass is 32.2. The predicted octanol–water partition coefficient (Wildman–Crippen LogP) is 3.63. The van der Waals surface area contributed by atoms with Crippen LogP contribution in [-0.2, 0) is 20.9 Å². The molecular formula is C23H35F3N2O4S.